The van der Waals surface area contributed by atoms with Crippen LogP contribution in [0.2, 0.25) is 5.02 Å². The highest BCUT2D eigenvalue weighted by atomic mass is 35.5. The lowest BCUT2D eigenvalue weighted by molar-refractivity contribution is 0.259. The summed E-state index contributed by atoms with van der Waals surface area (Å²) in [4.78, 5) is 2.56. The Morgan fingerprint density at radius 1 is 1.12 bits per heavy atom. The number of nitrogens with one attached hydrogen (secondary N) is 1. The summed E-state index contributed by atoms with van der Waals surface area (Å²) in [6.07, 6.45) is 2.61. The summed E-state index contributed by atoms with van der Waals surface area (Å²) in [7, 11) is 0. The predicted molar refractivity (Wildman–Crippen MR) is 104 cm³/mol. The Kier molecular flexibility index (Phi) is 6.74. The number of benzene rings is 2. The smallest absolute Gasteiger partial charge is 0.124 e. The van der Waals surface area contributed by atoms with Gasteiger partial charge >= 0.3 is 0 Å². The van der Waals surface area contributed by atoms with Crippen molar-refractivity contribution in [1.29, 1.82) is 0 Å². The average molecular weight is 359 g/mol. The molecule has 25 heavy (non-hydrogen) atoms. The molecule has 3 nitrogen and oxygen atoms in total. The van der Waals surface area contributed by atoms with Gasteiger partial charge in [0.1, 0.15) is 12.4 Å². The van der Waals surface area contributed by atoms with Crippen molar-refractivity contribution in [2.45, 2.75) is 39.0 Å². The molecule has 0 radical (unpaired) electrons. The predicted octanol–water partition coefficient (Wildman–Crippen LogP) is 4.49. The van der Waals surface area contributed by atoms with Gasteiger partial charge in [-0.3, -0.25) is 4.90 Å². The van der Waals surface area contributed by atoms with Crippen molar-refractivity contribution < 1.29 is 4.74 Å². The zero-order valence-electron chi connectivity index (χ0n) is 14.9. The van der Waals surface area contributed by atoms with Gasteiger partial charge in [0, 0.05) is 35.3 Å². The maximum Gasteiger partial charge on any atom is 0.124 e. The van der Waals surface area contributed by atoms with Crippen molar-refractivity contribution in [2.24, 2.45) is 0 Å². The lowest BCUT2D eigenvalue weighted by atomic mass is 10.1. The third-order valence-electron chi connectivity index (χ3n) is 4.91. The van der Waals surface area contributed by atoms with Crippen LogP contribution in [0.25, 0.3) is 0 Å². The second-order valence-corrected chi connectivity index (χ2v) is 6.95. The average Bonchev–Trinajstić information content (AvgIpc) is 3.09. The van der Waals surface area contributed by atoms with Gasteiger partial charge in [-0.25, -0.2) is 0 Å². The number of ether oxygens (including phenoxy) is 1. The second-order valence-electron chi connectivity index (χ2n) is 6.54. The van der Waals surface area contributed by atoms with Gasteiger partial charge < -0.3 is 10.1 Å². The fraction of sp³-hybridized carbons (Fsp3) is 0.429. The summed E-state index contributed by atoms with van der Waals surface area (Å²) in [5.41, 5.74) is 2.20. The van der Waals surface area contributed by atoms with Crippen LogP contribution in [0.5, 0.6) is 5.75 Å². The van der Waals surface area contributed by atoms with Gasteiger partial charge in [-0.2, -0.15) is 0 Å². The Labute approximate surface area is 155 Å². The third kappa shape index (κ3) is 4.97. The molecule has 1 atom stereocenters. The highest BCUT2D eigenvalue weighted by Crippen LogP contribution is 2.22. The van der Waals surface area contributed by atoms with Crippen LogP contribution in [-0.4, -0.2) is 30.6 Å². The quantitative estimate of drug-likeness (QED) is 0.752. The molecule has 0 aliphatic carbocycles. The lowest BCUT2D eigenvalue weighted by Crippen LogP contribution is -2.37. The van der Waals surface area contributed by atoms with Crippen LogP contribution in [0.1, 0.15) is 30.9 Å². The van der Waals surface area contributed by atoms with E-state index in [1.54, 1.807) is 0 Å². The number of rotatable bonds is 8. The van der Waals surface area contributed by atoms with Crippen LogP contribution in [0.15, 0.2) is 48.5 Å². The molecule has 1 heterocycles. The van der Waals surface area contributed by atoms with E-state index in [4.69, 9.17) is 16.3 Å². The Hall–Kier alpha value is -1.55. The Bertz CT molecular complexity index is 676. The number of hydrogen-bond acceptors (Lipinski definition) is 3. The molecule has 1 saturated heterocycles. The highest BCUT2D eigenvalue weighted by molar-refractivity contribution is 6.31. The van der Waals surface area contributed by atoms with Crippen LogP contribution >= 0.6 is 11.6 Å². The summed E-state index contributed by atoms with van der Waals surface area (Å²) in [5.74, 6) is 0.925. The van der Waals surface area contributed by atoms with Crippen LogP contribution in [-0.2, 0) is 13.2 Å². The van der Waals surface area contributed by atoms with Crippen LogP contribution < -0.4 is 10.1 Å². The minimum atomic E-state index is 0.489. The SMILES string of the molecule is CCN1CCC[C@@H]1CNCc1ccccc1OCc1ccccc1Cl. The molecule has 0 bridgehead atoms. The van der Waals surface area contributed by atoms with Gasteiger partial charge in [-0.15, -0.1) is 0 Å². The molecule has 0 amide bonds. The molecule has 4 heteroatoms. The molecule has 1 fully saturated rings. The summed E-state index contributed by atoms with van der Waals surface area (Å²) in [6, 6.07) is 16.7. The normalized spacial score (nSPS) is 17.8. The molecule has 2 aromatic carbocycles. The summed E-state index contributed by atoms with van der Waals surface area (Å²) >= 11 is 6.22. The number of para-hydroxylation sites is 1. The third-order valence-corrected chi connectivity index (χ3v) is 5.28. The van der Waals surface area contributed by atoms with Gasteiger partial charge in [0.05, 0.1) is 0 Å². The van der Waals surface area contributed by atoms with E-state index < -0.39 is 0 Å². The first kappa shape index (κ1) is 18.2. The molecule has 1 aliphatic heterocycles. The van der Waals surface area contributed by atoms with Crippen molar-refractivity contribution >= 4 is 11.6 Å². The first-order valence-corrected chi connectivity index (χ1v) is 9.54. The maximum atomic E-state index is 6.22. The summed E-state index contributed by atoms with van der Waals surface area (Å²) in [5, 5.41) is 4.36. The van der Waals surface area contributed by atoms with Gasteiger partial charge in [0.25, 0.3) is 0 Å². The van der Waals surface area contributed by atoms with Gasteiger partial charge in [0.2, 0.25) is 0 Å². The van der Waals surface area contributed by atoms with Crippen molar-refractivity contribution in [2.75, 3.05) is 19.6 Å². The van der Waals surface area contributed by atoms with E-state index in [1.165, 1.54) is 24.9 Å². The Balaban J connectivity index is 1.55. The van der Waals surface area contributed by atoms with Crippen LogP contribution in [0, 0.1) is 0 Å². The number of hydrogen-bond donors (Lipinski definition) is 1. The molecule has 1 N–H and O–H groups in total. The highest BCUT2D eigenvalue weighted by Gasteiger charge is 2.22. The van der Waals surface area contributed by atoms with Gasteiger partial charge in [-0.1, -0.05) is 54.9 Å². The Morgan fingerprint density at radius 3 is 2.68 bits per heavy atom. The zero-order chi connectivity index (χ0) is 17.5. The van der Waals surface area contributed by atoms with E-state index in [0.29, 0.717) is 12.6 Å². The zero-order valence-corrected chi connectivity index (χ0v) is 15.6. The van der Waals surface area contributed by atoms with Crippen molar-refractivity contribution in [3.63, 3.8) is 0 Å². The van der Waals surface area contributed by atoms with Gasteiger partial charge in [0.15, 0.2) is 0 Å². The summed E-state index contributed by atoms with van der Waals surface area (Å²) < 4.78 is 6.03. The molecule has 0 saturated carbocycles. The first-order valence-electron chi connectivity index (χ1n) is 9.16. The number of likely N-dealkylation sites (N-methyl/N-ethyl adjacent to an activating group) is 1. The largest absolute Gasteiger partial charge is 0.489 e. The van der Waals surface area contributed by atoms with Gasteiger partial charge in [-0.05, 0) is 38.1 Å². The number of likely N-dealkylation sites (tertiary alicyclic amines) is 1. The number of halogens is 1. The van der Waals surface area contributed by atoms with E-state index in [2.05, 4.69) is 29.3 Å². The molecule has 2 aromatic rings. The molecule has 0 unspecified atom stereocenters. The molecule has 1 aliphatic rings. The van der Waals surface area contributed by atoms with E-state index >= 15 is 0 Å². The molecular formula is C21H27ClN2O. The molecule has 134 valence electrons. The minimum absolute atomic E-state index is 0.489. The van der Waals surface area contributed by atoms with Crippen molar-refractivity contribution in [3.8, 4) is 5.75 Å². The standard InChI is InChI=1S/C21H27ClN2O/c1-2-24-13-7-10-19(24)15-23-14-17-8-4-6-12-21(17)25-16-18-9-3-5-11-20(18)22/h3-6,8-9,11-12,19,23H,2,7,10,13-16H2,1H3/t19-/m1/s1. The molecular weight excluding hydrogens is 332 g/mol. The fourth-order valence-electron chi connectivity index (χ4n) is 3.48. The van der Waals surface area contributed by atoms with Crippen LogP contribution in [0.4, 0.5) is 0 Å². The molecule has 3 rings (SSSR count). The van der Waals surface area contributed by atoms with E-state index in [0.717, 1.165) is 36.0 Å². The van der Waals surface area contributed by atoms with E-state index in [9.17, 15) is 0 Å². The van der Waals surface area contributed by atoms with E-state index in [-0.39, 0.29) is 0 Å². The lowest BCUT2D eigenvalue weighted by Gasteiger charge is -2.23. The molecule has 0 spiro atoms. The molecule has 0 aromatic heterocycles. The number of nitrogens with zero attached hydrogens (tertiary/aromatic N) is 1. The Morgan fingerprint density at radius 2 is 1.88 bits per heavy atom. The maximum absolute atomic E-state index is 6.22. The summed E-state index contributed by atoms with van der Waals surface area (Å²) in [6.45, 7) is 6.97. The second kappa shape index (κ2) is 9.23. The van der Waals surface area contributed by atoms with Crippen molar-refractivity contribution in [1.82, 2.24) is 10.2 Å². The van der Waals surface area contributed by atoms with E-state index in [1.807, 2.05) is 36.4 Å². The van der Waals surface area contributed by atoms with Crippen LogP contribution in [0.3, 0.4) is 0 Å². The van der Waals surface area contributed by atoms with Crippen molar-refractivity contribution in [3.05, 3.63) is 64.7 Å². The fourth-order valence-corrected chi connectivity index (χ4v) is 3.67. The topological polar surface area (TPSA) is 24.5 Å². The monoisotopic (exact) mass is 358 g/mol. The minimum Gasteiger partial charge on any atom is -0.489 e. The first-order chi connectivity index (χ1) is 12.3.